The molecule has 0 aliphatic carbocycles. The molecule has 0 N–H and O–H groups in total. The van der Waals surface area contributed by atoms with Gasteiger partial charge >= 0.3 is 8.32 Å². The number of aryl methyl sites for hydroxylation is 1. The van der Waals surface area contributed by atoms with E-state index in [0.717, 1.165) is 16.1 Å². The summed E-state index contributed by atoms with van der Waals surface area (Å²) in [5.41, 5.74) is 1.26. The molecule has 32 heavy (non-hydrogen) atoms. The fourth-order valence-corrected chi connectivity index (χ4v) is 9.41. The van der Waals surface area contributed by atoms with E-state index in [1.807, 2.05) is 43.3 Å². The zero-order valence-electron chi connectivity index (χ0n) is 19.3. The summed E-state index contributed by atoms with van der Waals surface area (Å²) in [6.07, 6.45) is 0. The Kier molecular flexibility index (Phi) is 7.22. The van der Waals surface area contributed by atoms with Crippen molar-refractivity contribution < 1.29 is 17.0 Å². The lowest BCUT2D eigenvalue weighted by atomic mass is 10.2. The third-order valence-corrected chi connectivity index (χ3v) is 11.5. The van der Waals surface area contributed by atoms with E-state index in [2.05, 4.69) is 50.0 Å². The van der Waals surface area contributed by atoms with Crippen LogP contribution >= 0.6 is 0 Å². The Morgan fingerprint density at radius 3 is 1.88 bits per heavy atom. The Balaban J connectivity index is 2.24. The van der Waals surface area contributed by atoms with Gasteiger partial charge in [0.15, 0.2) is 0 Å². The lowest BCUT2D eigenvalue weighted by Crippen LogP contribution is -2.69. The molecule has 3 rings (SSSR count). The van der Waals surface area contributed by atoms with Gasteiger partial charge in [0, 0.05) is 11.3 Å². The number of aromatic nitrogens is 1. The summed E-state index contributed by atoms with van der Waals surface area (Å²) in [5, 5.41) is 1.93. The highest BCUT2D eigenvalue weighted by Crippen LogP contribution is 2.38. The van der Waals surface area contributed by atoms with Gasteiger partial charge < -0.3 is 4.43 Å². The molecule has 2 aromatic carbocycles. The maximum absolute atomic E-state index is 12.4. The van der Waals surface area contributed by atoms with Gasteiger partial charge in [0.1, 0.15) is 5.75 Å². The van der Waals surface area contributed by atoms with Crippen molar-refractivity contribution >= 4 is 28.8 Å². The molecule has 7 heteroatoms. The highest BCUT2D eigenvalue weighted by molar-refractivity contribution is 7.85. The number of rotatable bonds is 8. The molecule has 0 saturated heterocycles. The Morgan fingerprint density at radius 1 is 0.875 bits per heavy atom. The number of hydrogen-bond acceptors (Lipinski definition) is 5. The average molecular weight is 470 g/mol. The minimum atomic E-state index is -3.74. The number of benzene rings is 2. The van der Waals surface area contributed by atoms with E-state index >= 15 is 0 Å². The zero-order chi connectivity index (χ0) is 23.4. The second-order valence-electron chi connectivity index (χ2n) is 8.79. The molecule has 0 unspecified atom stereocenters. The van der Waals surface area contributed by atoms with Crippen molar-refractivity contribution in [2.45, 2.75) is 45.4 Å². The summed E-state index contributed by atoms with van der Waals surface area (Å²) in [6, 6.07) is 24.0. The summed E-state index contributed by atoms with van der Waals surface area (Å²) in [7, 11) is -6.68. The smallest absolute Gasteiger partial charge is 0.322 e. The molecule has 0 bridgehead atoms. The van der Waals surface area contributed by atoms with Crippen LogP contribution in [0, 0.1) is 6.92 Å². The van der Waals surface area contributed by atoms with Crippen LogP contribution in [0.4, 0.5) is 0 Å². The Bertz CT molecular complexity index is 1100. The van der Waals surface area contributed by atoms with Crippen LogP contribution in [0.25, 0.3) is 0 Å². The van der Waals surface area contributed by atoms with Gasteiger partial charge in [0.05, 0.1) is 6.61 Å². The van der Waals surface area contributed by atoms with Crippen molar-refractivity contribution in [1.82, 2.24) is 4.98 Å². The van der Waals surface area contributed by atoms with E-state index in [9.17, 15) is 8.42 Å². The molecule has 0 saturated carbocycles. The van der Waals surface area contributed by atoms with Gasteiger partial charge in [0.25, 0.3) is 10.1 Å². The van der Waals surface area contributed by atoms with E-state index in [1.54, 1.807) is 19.1 Å². The lowest BCUT2D eigenvalue weighted by Gasteiger charge is -2.42. The number of hydrogen-bond donors (Lipinski definition) is 0. The molecule has 3 aromatic rings. The summed E-state index contributed by atoms with van der Waals surface area (Å²) in [6.45, 7) is 10.1. The van der Waals surface area contributed by atoms with E-state index in [0.29, 0.717) is 11.4 Å². The molecule has 0 spiro atoms. The van der Waals surface area contributed by atoms with Gasteiger partial charge in [-0.05, 0) is 35.3 Å². The summed E-state index contributed by atoms with van der Waals surface area (Å²) >= 11 is 0. The molecule has 0 aliphatic rings. The Hall–Kier alpha value is -2.48. The SMILES string of the molecule is CCOS(=O)(=O)Cc1ccc(C)nc1O[Si](c1ccccc1)(c1ccccc1)C(C)(C)C. The van der Waals surface area contributed by atoms with Gasteiger partial charge in [-0.1, -0.05) is 87.5 Å². The average Bonchev–Trinajstić information content (AvgIpc) is 2.74. The van der Waals surface area contributed by atoms with Gasteiger partial charge in [-0.3, -0.25) is 4.18 Å². The molecule has 170 valence electrons. The lowest BCUT2D eigenvalue weighted by molar-refractivity contribution is 0.337. The highest BCUT2D eigenvalue weighted by Gasteiger charge is 2.52. The van der Waals surface area contributed by atoms with Gasteiger partial charge in [0.2, 0.25) is 5.88 Å². The monoisotopic (exact) mass is 469 g/mol. The second-order valence-corrected chi connectivity index (χ2v) is 14.7. The van der Waals surface area contributed by atoms with E-state index < -0.39 is 18.4 Å². The van der Waals surface area contributed by atoms with E-state index in [4.69, 9.17) is 8.61 Å². The minimum absolute atomic E-state index is 0.0898. The van der Waals surface area contributed by atoms with Crippen LogP contribution in [0.3, 0.4) is 0 Å². The van der Waals surface area contributed by atoms with Crippen LogP contribution in [0.1, 0.15) is 39.0 Å². The van der Waals surface area contributed by atoms with Crippen LogP contribution in [-0.2, 0) is 20.1 Å². The number of nitrogens with zero attached hydrogens (tertiary/aromatic N) is 1. The van der Waals surface area contributed by atoms with Crippen LogP contribution < -0.4 is 14.8 Å². The molecule has 0 amide bonds. The number of pyridine rings is 1. The molecule has 1 heterocycles. The van der Waals surface area contributed by atoms with Crippen molar-refractivity contribution in [3.8, 4) is 5.88 Å². The maximum Gasteiger partial charge on any atom is 0.322 e. The Morgan fingerprint density at radius 2 is 1.41 bits per heavy atom. The first kappa shape index (κ1) is 24.2. The third kappa shape index (κ3) is 5.11. The van der Waals surface area contributed by atoms with Crippen LogP contribution in [0.15, 0.2) is 72.8 Å². The van der Waals surface area contributed by atoms with Gasteiger partial charge in [-0.25, -0.2) is 4.98 Å². The topological polar surface area (TPSA) is 65.5 Å². The molecule has 0 atom stereocenters. The largest absolute Gasteiger partial charge is 0.521 e. The Labute approximate surface area is 192 Å². The first-order valence-corrected chi connectivity index (χ1v) is 14.2. The van der Waals surface area contributed by atoms with Crippen LogP contribution in [0.2, 0.25) is 5.04 Å². The first-order valence-electron chi connectivity index (χ1n) is 10.7. The predicted molar refractivity (Wildman–Crippen MR) is 131 cm³/mol. The molecule has 5 nitrogen and oxygen atoms in total. The normalized spacial score (nSPS) is 12.5. The fraction of sp³-hybridized carbons (Fsp3) is 0.320. The van der Waals surface area contributed by atoms with Crippen molar-refractivity contribution in [3.63, 3.8) is 0 Å². The van der Waals surface area contributed by atoms with E-state index in [1.165, 1.54) is 0 Å². The maximum atomic E-state index is 12.4. The van der Waals surface area contributed by atoms with Crippen molar-refractivity contribution in [3.05, 3.63) is 84.1 Å². The minimum Gasteiger partial charge on any atom is -0.521 e. The predicted octanol–water partition coefficient (Wildman–Crippen LogP) is 4.20. The fourth-order valence-electron chi connectivity index (χ4n) is 3.97. The summed E-state index contributed by atoms with van der Waals surface area (Å²) in [4.78, 5) is 4.66. The van der Waals surface area contributed by atoms with Crippen molar-refractivity contribution in [1.29, 1.82) is 0 Å². The second kappa shape index (κ2) is 9.56. The molecule has 0 fully saturated rings. The summed E-state index contributed by atoms with van der Waals surface area (Å²) < 4.78 is 36.9. The van der Waals surface area contributed by atoms with Crippen LogP contribution in [-0.4, -0.2) is 28.3 Å². The van der Waals surface area contributed by atoms with Crippen LogP contribution in [0.5, 0.6) is 5.88 Å². The molecule has 0 radical (unpaired) electrons. The zero-order valence-corrected chi connectivity index (χ0v) is 21.1. The first-order chi connectivity index (χ1) is 15.1. The highest BCUT2D eigenvalue weighted by atomic mass is 32.2. The van der Waals surface area contributed by atoms with Crippen molar-refractivity contribution in [2.24, 2.45) is 0 Å². The standard InChI is InChI=1S/C25H31NO4SSi/c1-6-29-31(27,28)19-21-18-17-20(2)26-24(21)30-32(25(3,4)5,22-13-9-7-10-14-22)23-15-11-8-12-16-23/h7-18H,6,19H2,1-5H3. The molecule has 0 aliphatic heterocycles. The van der Waals surface area contributed by atoms with Gasteiger partial charge in [-0.15, -0.1) is 0 Å². The van der Waals surface area contributed by atoms with Gasteiger partial charge in [-0.2, -0.15) is 8.42 Å². The van der Waals surface area contributed by atoms with E-state index in [-0.39, 0.29) is 17.4 Å². The molecular formula is C25H31NO4SSi. The molecular weight excluding hydrogens is 438 g/mol. The quantitative estimate of drug-likeness (QED) is 0.365. The summed E-state index contributed by atoms with van der Waals surface area (Å²) in [5.74, 6) is 0.0596. The molecule has 1 aromatic heterocycles. The third-order valence-electron chi connectivity index (χ3n) is 5.37. The van der Waals surface area contributed by atoms with Crippen molar-refractivity contribution in [2.75, 3.05) is 6.61 Å².